The van der Waals surface area contributed by atoms with Crippen molar-refractivity contribution in [3.8, 4) is 0 Å². The van der Waals surface area contributed by atoms with Gasteiger partial charge in [-0.05, 0) is 19.2 Å². The SMILES string of the molecule is Cc1c(Cl)ncnc1N1CCC(N)=C1/C=C\N. The number of allylic oxidation sites excluding steroid dienone is 1. The lowest BCUT2D eigenvalue weighted by atomic mass is 10.3. The number of rotatable bonds is 2. The fourth-order valence-corrected chi connectivity index (χ4v) is 1.98. The van der Waals surface area contributed by atoms with Crippen molar-refractivity contribution in [2.45, 2.75) is 13.3 Å². The van der Waals surface area contributed by atoms with Gasteiger partial charge in [0.1, 0.15) is 17.3 Å². The van der Waals surface area contributed by atoms with Crippen LogP contribution in [0.3, 0.4) is 0 Å². The van der Waals surface area contributed by atoms with Crippen LogP contribution in [0.15, 0.2) is 30.0 Å². The fraction of sp³-hybridized carbons (Fsp3) is 0.273. The maximum absolute atomic E-state index is 5.99. The van der Waals surface area contributed by atoms with E-state index in [4.69, 9.17) is 23.1 Å². The zero-order valence-electron chi connectivity index (χ0n) is 9.52. The van der Waals surface area contributed by atoms with Crippen LogP contribution in [0.25, 0.3) is 0 Å². The highest BCUT2D eigenvalue weighted by atomic mass is 35.5. The van der Waals surface area contributed by atoms with Crippen LogP contribution in [0.4, 0.5) is 5.82 Å². The molecule has 0 spiro atoms. The Balaban J connectivity index is 2.45. The number of hydrogen-bond donors (Lipinski definition) is 2. The number of halogens is 1. The van der Waals surface area contributed by atoms with Crippen molar-refractivity contribution in [1.29, 1.82) is 0 Å². The molecular weight excluding hydrogens is 238 g/mol. The van der Waals surface area contributed by atoms with Crippen LogP contribution in [0.1, 0.15) is 12.0 Å². The number of hydrogen-bond acceptors (Lipinski definition) is 5. The highest BCUT2D eigenvalue weighted by molar-refractivity contribution is 6.30. The van der Waals surface area contributed by atoms with Crippen LogP contribution in [-0.2, 0) is 0 Å². The second-order valence-electron chi connectivity index (χ2n) is 3.78. The van der Waals surface area contributed by atoms with Crippen LogP contribution in [0.5, 0.6) is 0 Å². The minimum Gasteiger partial charge on any atom is -0.405 e. The van der Waals surface area contributed by atoms with E-state index in [1.807, 2.05) is 11.8 Å². The Morgan fingerprint density at radius 1 is 1.47 bits per heavy atom. The van der Waals surface area contributed by atoms with Gasteiger partial charge in [0.25, 0.3) is 0 Å². The third-order valence-corrected chi connectivity index (χ3v) is 3.11. The van der Waals surface area contributed by atoms with Crippen LogP contribution >= 0.6 is 11.6 Å². The second kappa shape index (κ2) is 4.63. The smallest absolute Gasteiger partial charge is 0.140 e. The first-order chi connectivity index (χ1) is 8.15. The molecule has 0 saturated heterocycles. The molecule has 17 heavy (non-hydrogen) atoms. The summed E-state index contributed by atoms with van der Waals surface area (Å²) in [5.74, 6) is 0.776. The van der Waals surface area contributed by atoms with Gasteiger partial charge in [-0.2, -0.15) is 0 Å². The largest absolute Gasteiger partial charge is 0.405 e. The molecule has 1 aliphatic heterocycles. The van der Waals surface area contributed by atoms with Crippen molar-refractivity contribution in [1.82, 2.24) is 9.97 Å². The van der Waals surface area contributed by atoms with Crippen molar-refractivity contribution in [2.75, 3.05) is 11.4 Å². The quantitative estimate of drug-likeness (QED) is 0.774. The molecule has 4 N–H and O–H groups in total. The topological polar surface area (TPSA) is 81.1 Å². The van der Waals surface area contributed by atoms with Gasteiger partial charge < -0.3 is 16.4 Å². The average molecular weight is 252 g/mol. The lowest BCUT2D eigenvalue weighted by Crippen LogP contribution is -2.20. The molecule has 0 radical (unpaired) electrons. The monoisotopic (exact) mass is 251 g/mol. The van der Waals surface area contributed by atoms with Gasteiger partial charge in [0.2, 0.25) is 0 Å². The normalized spacial score (nSPS) is 16.2. The summed E-state index contributed by atoms with van der Waals surface area (Å²) in [6.45, 7) is 2.66. The lowest BCUT2D eigenvalue weighted by Gasteiger charge is -2.21. The molecule has 0 bridgehead atoms. The Kier molecular flexibility index (Phi) is 3.19. The maximum Gasteiger partial charge on any atom is 0.140 e. The number of nitrogens with two attached hydrogens (primary N) is 2. The van der Waals surface area contributed by atoms with Crippen LogP contribution in [0, 0.1) is 6.92 Å². The van der Waals surface area contributed by atoms with Crippen molar-refractivity contribution >= 4 is 17.4 Å². The molecule has 2 heterocycles. The summed E-state index contributed by atoms with van der Waals surface area (Å²) in [6, 6.07) is 0. The summed E-state index contributed by atoms with van der Waals surface area (Å²) >= 11 is 5.99. The summed E-state index contributed by atoms with van der Waals surface area (Å²) in [6.07, 6.45) is 5.49. The molecule has 0 fully saturated rings. The van der Waals surface area contributed by atoms with E-state index in [2.05, 4.69) is 9.97 Å². The lowest BCUT2D eigenvalue weighted by molar-refractivity contribution is 0.924. The minimum atomic E-state index is 0.455. The maximum atomic E-state index is 5.99. The van der Waals surface area contributed by atoms with E-state index in [0.29, 0.717) is 5.15 Å². The van der Waals surface area contributed by atoms with Crippen molar-refractivity contribution < 1.29 is 0 Å². The predicted molar refractivity (Wildman–Crippen MR) is 68.3 cm³/mol. The van der Waals surface area contributed by atoms with Crippen LogP contribution < -0.4 is 16.4 Å². The molecular formula is C11H14ClN5. The molecule has 2 rings (SSSR count). The van der Waals surface area contributed by atoms with Gasteiger partial charge in [0, 0.05) is 24.2 Å². The van der Waals surface area contributed by atoms with Gasteiger partial charge in [-0.3, -0.25) is 0 Å². The van der Waals surface area contributed by atoms with Crippen molar-refractivity contribution in [3.63, 3.8) is 0 Å². The molecule has 5 nitrogen and oxygen atoms in total. The first-order valence-corrected chi connectivity index (χ1v) is 5.64. The molecule has 1 aromatic heterocycles. The number of aromatic nitrogens is 2. The molecule has 1 aliphatic rings. The molecule has 6 heteroatoms. The highest BCUT2D eigenvalue weighted by Gasteiger charge is 2.23. The van der Waals surface area contributed by atoms with Gasteiger partial charge in [0.05, 0.1) is 5.70 Å². The Labute approximate surface area is 105 Å². The fourth-order valence-electron chi connectivity index (χ4n) is 1.85. The van der Waals surface area contributed by atoms with Gasteiger partial charge in [-0.1, -0.05) is 11.6 Å². The third-order valence-electron chi connectivity index (χ3n) is 2.73. The van der Waals surface area contributed by atoms with E-state index in [9.17, 15) is 0 Å². The van der Waals surface area contributed by atoms with Crippen LogP contribution in [0.2, 0.25) is 5.15 Å². The zero-order valence-corrected chi connectivity index (χ0v) is 10.3. The Morgan fingerprint density at radius 3 is 2.94 bits per heavy atom. The molecule has 0 aliphatic carbocycles. The van der Waals surface area contributed by atoms with Gasteiger partial charge in [-0.15, -0.1) is 0 Å². The zero-order chi connectivity index (χ0) is 12.4. The number of nitrogens with zero attached hydrogens (tertiary/aromatic N) is 3. The molecule has 0 amide bonds. The average Bonchev–Trinajstić information content (AvgIpc) is 2.66. The Hall–Kier alpha value is -1.75. The molecule has 0 saturated carbocycles. The summed E-state index contributed by atoms with van der Waals surface area (Å²) in [7, 11) is 0. The first kappa shape index (κ1) is 11.7. The van der Waals surface area contributed by atoms with E-state index < -0.39 is 0 Å². The Morgan fingerprint density at radius 2 is 2.24 bits per heavy atom. The molecule has 0 unspecified atom stereocenters. The number of anilines is 1. The van der Waals surface area contributed by atoms with E-state index >= 15 is 0 Å². The molecule has 0 atom stereocenters. The van der Waals surface area contributed by atoms with Gasteiger partial charge in [0.15, 0.2) is 0 Å². The predicted octanol–water partition coefficient (Wildman–Crippen LogP) is 1.29. The standard InChI is InChI=1S/C11H14ClN5/c1-7-10(12)15-6-16-11(7)17-5-3-8(14)9(17)2-4-13/h2,4,6H,3,5,13-14H2,1H3/b4-2-. The highest BCUT2D eigenvalue weighted by Crippen LogP contribution is 2.30. The minimum absolute atomic E-state index is 0.455. The van der Waals surface area contributed by atoms with Crippen molar-refractivity contribution in [3.05, 3.63) is 40.7 Å². The van der Waals surface area contributed by atoms with E-state index in [1.165, 1.54) is 12.5 Å². The van der Waals surface area contributed by atoms with Gasteiger partial charge >= 0.3 is 0 Å². The van der Waals surface area contributed by atoms with Gasteiger partial charge in [-0.25, -0.2) is 9.97 Å². The molecule has 0 aromatic carbocycles. The van der Waals surface area contributed by atoms with Crippen molar-refractivity contribution in [2.24, 2.45) is 11.5 Å². The molecule has 1 aromatic rings. The first-order valence-electron chi connectivity index (χ1n) is 5.26. The van der Waals surface area contributed by atoms with E-state index in [-0.39, 0.29) is 0 Å². The van der Waals surface area contributed by atoms with E-state index in [1.54, 1.807) is 6.08 Å². The van der Waals surface area contributed by atoms with E-state index in [0.717, 1.165) is 35.7 Å². The second-order valence-corrected chi connectivity index (χ2v) is 4.14. The molecule has 90 valence electrons. The van der Waals surface area contributed by atoms with Crippen LogP contribution in [-0.4, -0.2) is 16.5 Å². The third kappa shape index (κ3) is 2.06. The summed E-state index contributed by atoms with van der Waals surface area (Å²) in [5.41, 5.74) is 13.9. The summed E-state index contributed by atoms with van der Waals surface area (Å²) in [5, 5.41) is 0.455. The Bertz CT molecular complexity index is 495. The summed E-state index contributed by atoms with van der Waals surface area (Å²) < 4.78 is 0. The summed E-state index contributed by atoms with van der Waals surface area (Å²) in [4.78, 5) is 10.2.